The number of piperidine rings is 1. The molecule has 0 saturated carbocycles. The second kappa shape index (κ2) is 6.00. The average Bonchev–Trinajstić information content (AvgIpc) is 2.31. The summed E-state index contributed by atoms with van der Waals surface area (Å²) in [6.45, 7) is 7.73. The highest BCUT2D eigenvalue weighted by Gasteiger charge is 2.18. The van der Waals surface area contributed by atoms with Crippen LogP contribution in [0.15, 0.2) is 6.07 Å². The Hall–Kier alpha value is -1.36. The van der Waals surface area contributed by atoms with E-state index in [0.29, 0.717) is 12.0 Å². The molecule has 0 amide bonds. The van der Waals surface area contributed by atoms with Gasteiger partial charge < -0.3 is 16.0 Å². The predicted molar refractivity (Wildman–Crippen MR) is 74.6 cm³/mol. The van der Waals surface area contributed by atoms with Crippen LogP contribution in [0.4, 0.5) is 11.8 Å². The summed E-state index contributed by atoms with van der Waals surface area (Å²) < 4.78 is 0. The van der Waals surface area contributed by atoms with Crippen molar-refractivity contribution in [1.82, 2.24) is 14.9 Å². The minimum atomic E-state index is 0.348. The third-order valence-corrected chi connectivity index (χ3v) is 3.35. The maximum absolute atomic E-state index is 5.66. The Morgan fingerprint density at radius 3 is 2.72 bits per heavy atom. The van der Waals surface area contributed by atoms with Crippen molar-refractivity contribution in [3.05, 3.63) is 11.8 Å². The minimum Gasteiger partial charge on any atom is -0.368 e. The molecule has 1 aromatic rings. The molecule has 0 bridgehead atoms. The van der Waals surface area contributed by atoms with E-state index in [-0.39, 0.29) is 0 Å². The molecule has 5 nitrogen and oxygen atoms in total. The highest BCUT2D eigenvalue weighted by Crippen LogP contribution is 2.16. The van der Waals surface area contributed by atoms with Crippen LogP contribution >= 0.6 is 0 Å². The molecule has 0 spiro atoms. The van der Waals surface area contributed by atoms with Gasteiger partial charge in [-0.15, -0.1) is 0 Å². The van der Waals surface area contributed by atoms with Crippen molar-refractivity contribution in [2.75, 3.05) is 30.7 Å². The van der Waals surface area contributed by atoms with Gasteiger partial charge in [0.1, 0.15) is 5.82 Å². The van der Waals surface area contributed by atoms with E-state index < -0.39 is 0 Å². The lowest BCUT2D eigenvalue weighted by atomic mass is 10.0. The van der Waals surface area contributed by atoms with Crippen LogP contribution in [0.3, 0.4) is 0 Å². The lowest BCUT2D eigenvalue weighted by Gasteiger charge is -2.32. The van der Waals surface area contributed by atoms with Crippen LogP contribution in [0, 0.1) is 6.92 Å². The number of likely N-dealkylation sites (tertiary alicyclic amines) is 1. The molecular weight excluding hydrogens is 226 g/mol. The molecular formula is C13H23N5. The molecule has 3 N–H and O–H groups in total. The number of rotatable bonds is 4. The Balaban J connectivity index is 1.87. The normalized spacial score (nSPS) is 17.9. The molecule has 18 heavy (non-hydrogen) atoms. The van der Waals surface area contributed by atoms with Crippen molar-refractivity contribution in [1.29, 1.82) is 0 Å². The van der Waals surface area contributed by atoms with Gasteiger partial charge in [-0.1, -0.05) is 6.92 Å². The summed E-state index contributed by atoms with van der Waals surface area (Å²) >= 11 is 0. The molecule has 0 unspecified atom stereocenters. The van der Waals surface area contributed by atoms with E-state index in [4.69, 9.17) is 5.73 Å². The largest absolute Gasteiger partial charge is 0.368 e. The maximum Gasteiger partial charge on any atom is 0.222 e. The summed E-state index contributed by atoms with van der Waals surface area (Å²) in [4.78, 5) is 10.8. The van der Waals surface area contributed by atoms with Crippen LogP contribution in [-0.4, -0.2) is 40.5 Å². The molecule has 2 heterocycles. The van der Waals surface area contributed by atoms with E-state index in [2.05, 4.69) is 27.1 Å². The van der Waals surface area contributed by atoms with Gasteiger partial charge in [-0.25, -0.2) is 4.98 Å². The molecule has 0 aliphatic carbocycles. The van der Waals surface area contributed by atoms with Crippen LogP contribution in [0.25, 0.3) is 0 Å². The van der Waals surface area contributed by atoms with Gasteiger partial charge in [-0.3, -0.25) is 0 Å². The molecule has 0 atom stereocenters. The number of anilines is 2. The fraction of sp³-hybridized carbons (Fsp3) is 0.692. The van der Waals surface area contributed by atoms with E-state index in [1.54, 1.807) is 0 Å². The lowest BCUT2D eigenvalue weighted by molar-refractivity contribution is 0.219. The number of nitrogens with two attached hydrogens (primary N) is 1. The Bertz CT molecular complexity index is 365. The maximum atomic E-state index is 5.66. The van der Waals surface area contributed by atoms with E-state index in [0.717, 1.165) is 11.5 Å². The number of hydrogen-bond donors (Lipinski definition) is 2. The summed E-state index contributed by atoms with van der Waals surface area (Å²) in [5.74, 6) is 1.20. The predicted octanol–water partition coefficient (Wildman–Crippen LogP) is 1.65. The van der Waals surface area contributed by atoms with Crippen molar-refractivity contribution >= 4 is 11.8 Å². The first-order valence-electron chi connectivity index (χ1n) is 6.77. The van der Waals surface area contributed by atoms with Gasteiger partial charge in [0.25, 0.3) is 0 Å². The highest BCUT2D eigenvalue weighted by atomic mass is 15.2. The van der Waals surface area contributed by atoms with Crippen LogP contribution in [-0.2, 0) is 0 Å². The molecule has 1 saturated heterocycles. The molecule has 2 rings (SSSR count). The van der Waals surface area contributed by atoms with Crippen molar-refractivity contribution in [2.45, 2.75) is 39.2 Å². The molecule has 1 aromatic heterocycles. The SMILES string of the molecule is CCCN1CCC(Nc2cc(C)nc(N)n2)CC1. The minimum absolute atomic E-state index is 0.348. The number of hydrogen-bond acceptors (Lipinski definition) is 5. The molecule has 100 valence electrons. The van der Waals surface area contributed by atoms with Crippen LogP contribution in [0.5, 0.6) is 0 Å². The zero-order valence-electron chi connectivity index (χ0n) is 11.3. The second-order valence-corrected chi connectivity index (χ2v) is 5.01. The van der Waals surface area contributed by atoms with E-state index >= 15 is 0 Å². The zero-order chi connectivity index (χ0) is 13.0. The Morgan fingerprint density at radius 1 is 1.39 bits per heavy atom. The second-order valence-electron chi connectivity index (χ2n) is 5.01. The standard InChI is InChI=1S/C13H23N5/c1-3-6-18-7-4-11(5-8-18)16-12-9-10(2)15-13(14)17-12/h9,11H,3-8H2,1-2H3,(H3,14,15,16,17). The van der Waals surface area contributed by atoms with Gasteiger partial charge >= 0.3 is 0 Å². The van der Waals surface area contributed by atoms with Crippen LogP contribution in [0.1, 0.15) is 31.9 Å². The average molecular weight is 249 g/mol. The smallest absolute Gasteiger partial charge is 0.222 e. The first-order valence-corrected chi connectivity index (χ1v) is 6.77. The van der Waals surface area contributed by atoms with Crippen molar-refractivity contribution in [2.24, 2.45) is 0 Å². The number of aromatic nitrogens is 2. The molecule has 1 aliphatic heterocycles. The number of nitrogens with zero attached hydrogens (tertiary/aromatic N) is 3. The Kier molecular flexibility index (Phi) is 4.36. The lowest BCUT2D eigenvalue weighted by Crippen LogP contribution is -2.39. The van der Waals surface area contributed by atoms with Gasteiger partial charge in [0.15, 0.2) is 0 Å². The molecule has 0 radical (unpaired) electrons. The summed E-state index contributed by atoms with van der Waals surface area (Å²) in [6.07, 6.45) is 3.58. The Labute approximate surface area is 109 Å². The number of aryl methyl sites for hydroxylation is 1. The van der Waals surface area contributed by atoms with Gasteiger partial charge in [0.05, 0.1) is 0 Å². The fourth-order valence-corrected chi connectivity index (χ4v) is 2.49. The third kappa shape index (κ3) is 3.57. The molecule has 5 heteroatoms. The van der Waals surface area contributed by atoms with Gasteiger partial charge in [0.2, 0.25) is 5.95 Å². The van der Waals surface area contributed by atoms with Gasteiger partial charge in [-0.2, -0.15) is 4.98 Å². The topological polar surface area (TPSA) is 67.1 Å². The van der Waals surface area contributed by atoms with Crippen molar-refractivity contribution in [3.63, 3.8) is 0 Å². The van der Waals surface area contributed by atoms with Crippen molar-refractivity contribution in [3.8, 4) is 0 Å². The number of nitrogen functional groups attached to an aromatic ring is 1. The summed E-state index contributed by atoms with van der Waals surface area (Å²) in [5.41, 5.74) is 6.57. The summed E-state index contributed by atoms with van der Waals surface area (Å²) in [7, 11) is 0. The Morgan fingerprint density at radius 2 is 2.11 bits per heavy atom. The van der Waals surface area contributed by atoms with E-state index in [9.17, 15) is 0 Å². The van der Waals surface area contributed by atoms with Crippen LogP contribution in [0.2, 0.25) is 0 Å². The summed E-state index contributed by atoms with van der Waals surface area (Å²) in [5, 5.41) is 3.47. The fourth-order valence-electron chi connectivity index (χ4n) is 2.49. The summed E-state index contributed by atoms with van der Waals surface area (Å²) in [6, 6.07) is 2.46. The van der Waals surface area contributed by atoms with Gasteiger partial charge in [-0.05, 0) is 32.7 Å². The van der Waals surface area contributed by atoms with Crippen LogP contribution < -0.4 is 11.1 Å². The first kappa shape index (κ1) is 13.1. The monoisotopic (exact) mass is 249 g/mol. The quantitative estimate of drug-likeness (QED) is 0.849. The highest BCUT2D eigenvalue weighted by molar-refractivity contribution is 5.41. The van der Waals surface area contributed by atoms with Gasteiger partial charge in [0, 0.05) is 30.9 Å². The zero-order valence-corrected chi connectivity index (χ0v) is 11.3. The van der Waals surface area contributed by atoms with Crippen molar-refractivity contribution < 1.29 is 0 Å². The number of nitrogens with one attached hydrogen (secondary N) is 1. The molecule has 1 fully saturated rings. The molecule has 0 aromatic carbocycles. The van der Waals surface area contributed by atoms with E-state index in [1.165, 1.54) is 38.9 Å². The first-order chi connectivity index (χ1) is 8.67. The third-order valence-electron chi connectivity index (χ3n) is 3.35. The van der Waals surface area contributed by atoms with E-state index in [1.807, 2.05) is 13.0 Å². The molecule has 1 aliphatic rings.